The predicted molar refractivity (Wildman–Crippen MR) is 63.9 cm³/mol. The predicted octanol–water partition coefficient (Wildman–Crippen LogP) is 0.920. The lowest BCUT2D eigenvalue weighted by Crippen LogP contribution is -2.15. The molecule has 0 radical (unpaired) electrons. The van der Waals surface area contributed by atoms with E-state index in [4.69, 9.17) is 5.26 Å². The van der Waals surface area contributed by atoms with Crippen molar-refractivity contribution >= 4 is 0 Å². The van der Waals surface area contributed by atoms with E-state index in [0.717, 1.165) is 24.5 Å². The smallest absolute Gasteiger partial charge is 0.122 e. The molecule has 2 aromatic heterocycles. The van der Waals surface area contributed by atoms with Crippen molar-refractivity contribution in [3.63, 3.8) is 0 Å². The van der Waals surface area contributed by atoms with E-state index < -0.39 is 0 Å². The highest BCUT2D eigenvalue weighted by atomic mass is 15.1. The van der Waals surface area contributed by atoms with Gasteiger partial charge in [-0.2, -0.15) is 5.26 Å². The third-order valence-corrected chi connectivity index (χ3v) is 2.71. The molecule has 88 valence electrons. The zero-order valence-electron chi connectivity index (χ0n) is 10.0. The summed E-state index contributed by atoms with van der Waals surface area (Å²) in [5.74, 6) is 1.00. The van der Waals surface area contributed by atoms with Crippen LogP contribution in [0.15, 0.2) is 24.7 Å². The van der Waals surface area contributed by atoms with Crippen molar-refractivity contribution in [2.75, 3.05) is 0 Å². The number of nitrogens with one attached hydrogen (secondary N) is 1. The third kappa shape index (κ3) is 2.55. The van der Waals surface area contributed by atoms with Gasteiger partial charge in [0.2, 0.25) is 0 Å². The van der Waals surface area contributed by atoms with Gasteiger partial charge in [0.15, 0.2) is 0 Å². The standard InChI is InChI=1S/C12H15N5/c1-16-4-3-15-12(16)8-14-7-10-5-11(6-13)17(2)9-10/h3-5,9,14H,7-8H2,1-2H3. The highest BCUT2D eigenvalue weighted by molar-refractivity contribution is 5.28. The lowest BCUT2D eigenvalue weighted by molar-refractivity contribution is 0.638. The summed E-state index contributed by atoms with van der Waals surface area (Å²) in [5, 5.41) is 12.1. The quantitative estimate of drug-likeness (QED) is 0.848. The van der Waals surface area contributed by atoms with Gasteiger partial charge in [-0.25, -0.2) is 4.98 Å². The van der Waals surface area contributed by atoms with Gasteiger partial charge in [0.25, 0.3) is 0 Å². The molecular weight excluding hydrogens is 214 g/mol. The van der Waals surface area contributed by atoms with Crippen molar-refractivity contribution in [1.29, 1.82) is 5.26 Å². The molecule has 5 nitrogen and oxygen atoms in total. The van der Waals surface area contributed by atoms with Crippen molar-refractivity contribution in [3.05, 3.63) is 41.7 Å². The minimum Gasteiger partial charge on any atom is -0.342 e. The maximum Gasteiger partial charge on any atom is 0.122 e. The number of nitrogens with zero attached hydrogens (tertiary/aromatic N) is 4. The molecule has 0 unspecified atom stereocenters. The SMILES string of the molecule is Cn1cc(CNCc2nccn2C)cc1C#N. The van der Waals surface area contributed by atoms with Crippen LogP contribution in [0.5, 0.6) is 0 Å². The second kappa shape index (κ2) is 4.85. The molecule has 2 heterocycles. The van der Waals surface area contributed by atoms with Crippen LogP contribution < -0.4 is 5.32 Å². The van der Waals surface area contributed by atoms with Gasteiger partial charge in [0, 0.05) is 39.2 Å². The molecule has 0 saturated carbocycles. The Kier molecular flexibility index (Phi) is 3.26. The van der Waals surface area contributed by atoms with Gasteiger partial charge in [0.05, 0.1) is 6.54 Å². The van der Waals surface area contributed by atoms with Crippen LogP contribution in [0, 0.1) is 11.3 Å². The molecule has 0 spiro atoms. The van der Waals surface area contributed by atoms with E-state index in [1.54, 1.807) is 6.20 Å². The molecule has 0 aliphatic heterocycles. The molecule has 0 aromatic carbocycles. The molecular formula is C12H15N5. The van der Waals surface area contributed by atoms with Gasteiger partial charge in [-0.1, -0.05) is 0 Å². The van der Waals surface area contributed by atoms with Crippen molar-refractivity contribution in [2.24, 2.45) is 14.1 Å². The van der Waals surface area contributed by atoms with Crippen molar-refractivity contribution < 1.29 is 0 Å². The van der Waals surface area contributed by atoms with Crippen LogP contribution in [0.3, 0.4) is 0 Å². The largest absolute Gasteiger partial charge is 0.342 e. The molecule has 0 atom stereocenters. The van der Waals surface area contributed by atoms with Crippen LogP contribution >= 0.6 is 0 Å². The van der Waals surface area contributed by atoms with Crippen LogP contribution in [0.1, 0.15) is 17.1 Å². The van der Waals surface area contributed by atoms with Crippen LogP contribution in [0.25, 0.3) is 0 Å². The maximum absolute atomic E-state index is 8.84. The van der Waals surface area contributed by atoms with Crippen molar-refractivity contribution in [1.82, 2.24) is 19.4 Å². The molecule has 2 aromatic rings. The number of nitriles is 1. The zero-order chi connectivity index (χ0) is 12.3. The Bertz CT molecular complexity index is 543. The topological polar surface area (TPSA) is 58.6 Å². The average molecular weight is 229 g/mol. The molecule has 0 aliphatic rings. The Balaban J connectivity index is 1.90. The van der Waals surface area contributed by atoms with E-state index >= 15 is 0 Å². The summed E-state index contributed by atoms with van der Waals surface area (Å²) in [6, 6.07) is 4.04. The highest BCUT2D eigenvalue weighted by Crippen LogP contribution is 2.05. The monoisotopic (exact) mass is 229 g/mol. The zero-order valence-corrected chi connectivity index (χ0v) is 10.0. The molecule has 0 amide bonds. The van der Waals surface area contributed by atoms with Gasteiger partial charge < -0.3 is 14.5 Å². The Hall–Kier alpha value is -2.06. The van der Waals surface area contributed by atoms with Crippen LogP contribution in [0.2, 0.25) is 0 Å². The molecule has 1 N–H and O–H groups in total. The molecule has 0 fully saturated rings. The Labute approximate surface area is 100 Å². The molecule has 2 rings (SSSR count). The fourth-order valence-electron chi connectivity index (χ4n) is 1.73. The molecule has 5 heteroatoms. The number of rotatable bonds is 4. The van der Waals surface area contributed by atoms with E-state index in [9.17, 15) is 0 Å². The second-order valence-electron chi connectivity index (χ2n) is 4.01. The lowest BCUT2D eigenvalue weighted by atomic mass is 10.3. The van der Waals surface area contributed by atoms with E-state index in [1.165, 1.54) is 0 Å². The summed E-state index contributed by atoms with van der Waals surface area (Å²) in [7, 11) is 3.85. The van der Waals surface area contributed by atoms with Gasteiger partial charge in [-0.15, -0.1) is 0 Å². The molecule has 0 saturated heterocycles. The second-order valence-corrected chi connectivity index (χ2v) is 4.01. The highest BCUT2D eigenvalue weighted by Gasteiger charge is 2.03. The van der Waals surface area contributed by atoms with Gasteiger partial charge >= 0.3 is 0 Å². The van der Waals surface area contributed by atoms with E-state index in [-0.39, 0.29) is 0 Å². The maximum atomic E-state index is 8.84. The number of hydrogen-bond acceptors (Lipinski definition) is 3. The minimum atomic E-state index is 0.679. The van der Waals surface area contributed by atoms with Gasteiger partial charge in [-0.3, -0.25) is 0 Å². The van der Waals surface area contributed by atoms with Crippen molar-refractivity contribution in [3.8, 4) is 6.07 Å². The summed E-state index contributed by atoms with van der Waals surface area (Å²) < 4.78 is 3.82. The summed E-state index contributed by atoms with van der Waals surface area (Å²) in [6.45, 7) is 1.46. The fourth-order valence-corrected chi connectivity index (χ4v) is 1.73. The third-order valence-electron chi connectivity index (χ3n) is 2.71. The summed E-state index contributed by atoms with van der Waals surface area (Å²) in [6.07, 6.45) is 5.67. The lowest BCUT2D eigenvalue weighted by Gasteiger charge is -2.03. The first-order valence-electron chi connectivity index (χ1n) is 5.43. The molecule has 0 aliphatic carbocycles. The minimum absolute atomic E-state index is 0.679. The van der Waals surface area contributed by atoms with Crippen LogP contribution in [0.4, 0.5) is 0 Å². The summed E-state index contributed by atoms with van der Waals surface area (Å²) in [5.41, 5.74) is 1.79. The number of aromatic nitrogens is 3. The Morgan fingerprint density at radius 2 is 2.18 bits per heavy atom. The van der Waals surface area contributed by atoms with Crippen molar-refractivity contribution in [2.45, 2.75) is 13.1 Å². The Morgan fingerprint density at radius 3 is 2.76 bits per heavy atom. The number of imidazole rings is 1. The number of hydrogen-bond donors (Lipinski definition) is 1. The first-order chi connectivity index (χ1) is 8.20. The first-order valence-corrected chi connectivity index (χ1v) is 5.43. The Morgan fingerprint density at radius 1 is 1.35 bits per heavy atom. The van der Waals surface area contributed by atoms with Crippen LogP contribution in [-0.4, -0.2) is 14.1 Å². The van der Waals surface area contributed by atoms with Crippen LogP contribution in [-0.2, 0) is 27.2 Å². The summed E-state index contributed by atoms with van der Waals surface area (Å²) >= 11 is 0. The first kappa shape index (κ1) is 11.4. The summed E-state index contributed by atoms with van der Waals surface area (Å²) in [4.78, 5) is 4.23. The van der Waals surface area contributed by atoms with Gasteiger partial charge in [-0.05, 0) is 11.6 Å². The molecule has 17 heavy (non-hydrogen) atoms. The normalized spacial score (nSPS) is 10.4. The van der Waals surface area contributed by atoms with Gasteiger partial charge in [0.1, 0.15) is 17.6 Å². The molecule has 0 bridgehead atoms. The van der Waals surface area contributed by atoms with E-state index in [2.05, 4.69) is 16.4 Å². The number of aryl methyl sites for hydroxylation is 2. The van der Waals surface area contributed by atoms with E-state index in [1.807, 2.05) is 41.7 Å². The average Bonchev–Trinajstić information content (AvgIpc) is 2.86. The van der Waals surface area contributed by atoms with E-state index in [0.29, 0.717) is 5.69 Å². The fraction of sp³-hybridized carbons (Fsp3) is 0.333.